The molecular formula is C11H13F2N5O2. The minimum atomic E-state index is -2.76. The lowest BCUT2D eigenvalue weighted by atomic mass is 10.2. The maximum atomic E-state index is 12.7. The number of halogens is 2. The van der Waals surface area contributed by atoms with Crippen LogP contribution in [0.25, 0.3) is 5.65 Å². The second kappa shape index (κ2) is 5.76. The van der Waals surface area contributed by atoms with Crippen molar-refractivity contribution in [3.63, 3.8) is 0 Å². The summed E-state index contributed by atoms with van der Waals surface area (Å²) in [5.74, 6) is -0.552. The molecule has 20 heavy (non-hydrogen) atoms. The molecule has 0 aliphatic heterocycles. The largest absolute Gasteiger partial charge is 0.469 e. The number of aromatic nitrogens is 4. The molecule has 1 atom stereocenters. The summed E-state index contributed by atoms with van der Waals surface area (Å²) in [4.78, 5) is 11.1. The van der Waals surface area contributed by atoms with Crippen molar-refractivity contribution in [1.29, 1.82) is 0 Å². The molecule has 0 aliphatic carbocycles. The van der Waals surface area contributed by atoms with Crippen LogP contribution in [0.4, 0.5) is 14.6 Å². The summed E-state index contributed by atoms with van der Waals surface area (Å²) in [5, 5.41) is 13.9. The van der Waals surface area contributed by atoms with Crippen molar-refractivity contribution in [2.45, 2.75) is 25.8 Å². The van der Waals surface area contributed by atoms with Crippen molar-refractivity contribution in [2.24, 2.45) is 0 Å². The van der Waals surface area contributed by atoms with Crippen LogP contribution in [0, 0.1) is 0 Å². The summed E-state index contributed by atoms with van der Waals surface area (Å²) in [5.41, 5.74) is 0.228. The van der Waals surface area contributed by atoms with Crippen molar-refractivity contribution in [2.75, 3.05) is 12.4 Å². The van der Waals surface area contributed by atoms with E-state index in [-0.39, 0.29) is 24.1 Å². The summed E-state index contributed by atoms with van der Waals surface area (Å²) in [7, 11) is 1.30. The van der Waals surface area contributed by atoms with Gasteiger partial charge in [0.15, 0.2) is 5.65 Å². The number of carbonyl (C=O) groups is 1. The van der Waals surface area contributed by atoms with Crippen molar-refractivity contribution < 1.29 is 18.3 Å². The van der Waals surface area contributed by atoms with E-state index in [1.165, 1.54) is 13.2 Å². The van der Waals surface area contributed by atoms with E-state index in [2.05, 4.69) is 25.3 Å². The number of nitrogens with zero attached hydrogens (tertiary/aromatic N) is 4. The van der Waals surface area contributed by atoms with E-state index < -0.39 is 12.2 Å². The number of anilines is 1. The Morgan fingerprint density at radius 2 is 2.20 bits per heavy atom. The number of alkyl halides is 2. The smallest absolute Gasteiger partial charge is 0.307 e. The third-order valence-corrected chi connectivity index (χ3v) is 2.58. The normalized spacial score (nSPS) is 12.7. The third kappa shape index (κ3) is 2.98. The molecule has 2 heterocycles. The minimum Gasteiger partial charge on any atom is -0.469 e. The average Bonchev–Trinajstić information content (AvgIpc) is 2.81. The fourth-order valence-corrected chi connectivity index (χ4v) is 1.66. The van der Waals surface area contributed by atoms with Crippen molar-refractivity contribution in [3.8, 4) is 0 Å². The molecule has 2 aromatic heterocycles. The van der Waals surface area contributed by atoms with Crippen LogP contribution in [0.5, 0.6) is 0 Å². The van der Waals surface area contributed by atoms with Gasteiger partial charge in [-0.1, -0.05) is 0 Å². The number of rotatable bonds is 5. The molecule has 0 saturated carbocycles. The molecule has 2 rings (SSSR count). The monoisotopic (exact) mass is 285 g/mol. The molecule has 1 unspecified atom stereocenters. The number of methoxy groups -OCH3 is 1. The van der Waals surface area contributed by atoms with E-state index in [9.17, 15) is 13.6 Å². The van der Waals surface area contributed by atoms with E-state index in [1.54, 1.807) is 13.0 Å². The highest BCUT2D eigenvalue weighted by Gasteiger charge is 2.17. The predicted molar refractivity (Wildman–Crippen MR) is 65.5 cm³/mol. The van der Waals surface area contributed by atoms with Crippen LogP contribution in [-0.4, -0.2) is 38.9 Å². The summed E-state index contributed by atoms with van der Waals surface area (Å²) in [6.45, 7) is 1.75. The van der Waals surface area contributed by atoms with Gasteiger partial charge < -0.3 is 10.1 Å². The van der Waals surface area contributed by atoms with E-state index in [1.807, 2.05) is 0 Å². The number of ether oxygens (including phenoxy) is 1. The maximum absolute atomic E-state index is 12.7. The highest BCUT2D eigenvalue weighted by Crippen LogP contribution is 2.17. The molecule has 108 valence electrons. The standard InChI is InChI=1S/C11H13F2N5O2/c1-6(5-9(19)20-2)14-7-3-4-8-15-16-11(10(12)13)18(8)17-7/h3-4,6,10H,5H2,1-2H3,(H,14,17). The Kier molecular flexibility index (Phi) is 4.06. The van der Waals surface area contributed by atoms with Crippen molar-refractivity contribution in [3.05, 3.63) is 18.0 Å². The van der Waals surface area contributed by atoms with Crippen LogP contribution >= 0.6 is 0 Å². The number of carbonyl (C=O) groups excluding carboxylic acids is 1. The Labute approximate surface area is 112 Å². The second-order valence-electron chi connectivity index (χ2n) is 4.17. The van der Waals surface area contributed by atoms with Crippen LogP contribution in [0.15, 0.2) is 12.1 Å². The number of hydrogen-bond acceptors (Lipinski definition) is 6. The highest BCUT2D eigenvalue weighted by atomic mass is 19.3. The fourth-order valence-electron chi connectivity index (χ4n) is 1.66. The summed E-state index contributed by atoms with van der Waals surface area (Å²) in [6, 6.07) is 2.84. The summed E-state index contributed by atoms with van der Waals surface area (Å²) >= 11 is 0. The predicted octanol–water partition coefficient (Wildman–Crippen LogP) is 1.43. The highest BCUT2D eigenvalue weighted by molar-refractivity contribution is 5.70. The van der Waals surface area contributed by atoms with Crippen LogP contribution in [0.3, 0.4) is 0 Å². The van der Waals surface area contributed by atoms with E-state index >= 15 is 0 Å². The third-order valence-electron chi connectivity index (χ3n) is 2.58. The van der Waals surface area contributed by atoms with Crippen molar-refractivity contribution in [1.82, 2.24) is 19.8 Å². The molecular weight excluding hydrogens is 272 g/mol. The molecule has 0 radical (unpaired) electrons. The summed E-state index contributed by atoms with van der Waals surface area (Å²) < 4.78 is 30.9. The van der Waals surface area contributed by atoms with Gasteiger partial charge in [-0.3, -0.25) is 4.79 Å². The second-order valence-corrected chi connectivity index (χ2v) is 4.17. The molecule has 0 aliphatic rings. The first-order chi connectivity index (χ1) is 9.51. The molecule has 1 N–H and O–H groups in total. The van der Waals surface area contributed by atoms with Crippen LogP contribution in [0.2, 0.25) is 0 Å². The van der Waals surface area contributed by atoms with Gasteiger partial charge in [-0.2, -0.15) is 4.52 Å². The van der Waals surface area contributed by atoms with Crippen LogP contribution in [-0.2, 0) is 9.53 Å². The Morgan fingerprint density at radius 3 is 2.85 bits per heavy atom. The van der Waals surface area contributed by atoms with E-state index in [0.717, 1.165) is 4.52 Å². The first-order valence-electron chi connectivity index (χ1n) is 5.85. The van der Waals surface area contributed by atoms with Crippen LogP contribution in [0.1, 0.15) is 25.6 Å². The van der Waals surface area contributed by atoms with E-state index in [0.29, 0.717) is 5.82 Å². The maximum Gasteiger partial charge on any atom is 0.307 e. The fraction of sp³-hybridized carbons (Fsp3) is 0.455. The molecule has 7 nitrogen and oxygen atoms in total. The lowest BCUT2D eigenvalue weighted by molar-refractivity contribution is -0.140. The van der Waals surface area contributed by atoms with Gasteiger partial charge in [0.05, 0.1) is 13.5 Å². The van der Waals surface area contributed by atoms with Crippen molar-refractivity contribution >= 4 is 17.4 Å². The molecule has 2 aromatic rings. The van der Waals surface area contributed by atoms with Gasteiger partial charge in [-0.25, -0.2) is 8.78 Å². The van der Waals surface area contributed by atoms with E-state index in [4.69, 9.17) is 0 Å². The van der Waals surface area contributed by atoms with Gasteiger partial charge in [0.1, 0.15) is 5.82 Å². The topological polar surface area (TPSA) is 81.4 Å². The van der Waals surface area contributed by atoms with Gasteiger partial charge in [0.2, 0.25) is 5.82 Å². The van der Waals surface area contributed by atoms with Gasteiger partial charge in [0.25, 0.3) is 6.43 Å². The quantitative estimate of drug-likeness (QED) is 0.837. The lowest BCUT2D eigenvalue weighted by Gasteiger charge is -2.13. The van der Waals surface area contributed by atoms with Gasteiger partial charge in [-0.15, -0.1) is 15.3 Å². The Hall–Kier alpha value is -2.32. The first-order valence-corrected chi connectivity index (χ1v) is 5.85. The van der Waals surface area contributed by atoms with Gasteiger partial charge in [-0.05, 0) is 19.1 Å². The number of nitrogens with one attached hydrogen (secondary N) is 1. The Bertz CT molecular complexity index is 616. The average molecular weight is 285 g/mol. The SMILES string of the molecule is COC(=O)CC(C)Nc1ccc2nnc(C(F)F)n2n1. The molecule has 9 heteroatoms. The van der Waals surface area contributed by atoms with Gasteiger partial charge >= 0.3 is 5.97 Å². The zero-order chi connectivity index (χ0) is 14.7. The first kappa shape index (κ1) is 14.1. The molecule has 0 saturated heterocycles. The number of fused-ring (bicyclic) bond motifs is 1. The molecule has 0 amide bonds. The Balaban J connectivity index is 2.18. The number of hydrogen-bond donors (Lipinski definition) is 1. The number of esters is 1. The van der Waals surface area contributed by atoms with Gasteiger partial charge in [0, 0.05) is 6.04 Å². The lowest BCUT2D eigenvalue weighted by Crippen LogP contribution is -2.21. The summed E-state index contributed by atoms with van der Waals surface area (Å²) in [6.07, 6.45) is -2.62. The Morgan fingerprint density at radius 1 is 1.45 bits per heavy atom. The minimum absolute atomic E-state index is 0.139. The molecule has 0 aromatic carbocycles. The zero-order valence-corrected chi connectivity index (χ0v) is 10.9. The molecule has 0 fully saturated rings. The molecule has 0 spiro atoms. The zero-order valence-electron chi connectivity index (χ0n) is 10.9. The van der Waals surface area contributed by atoms with Crippen LogP contribution < -0.4 is 5.32 Å². The molecule has 0 bridgehead atoms.